The first kappa shape index (κ1) is 11.3. The summed E-state index contributed by atoms with van der Waals surface area (Å²) in [5.41, 5.74) is 0.262. The van der Waals surface area contributed by atoms with Crippen LogP contribution in [0.2, 0.25) is 0 Å². The van der Waals surface area contributed by atoms with Crippen molar-refractivity contribution in [3.05, 3.63) is 0 Å². The van der Waals surface area contributed by atoms with Gasteiger partial charge in [-0.25, -0.2) is 0 Å². The van der Waals surface area contributed by atoms with Gasteiger partial charge in [-0.05, 0) is 25.2 Å². The zero-order valence-electron chi connectivity index (χ0n) is 8.50. The minimum atomic E-state index is -0.0387. The van der Waals surface area contributed by atoms with Gasteiger partial charge in [0.05, 0.1) is 0 Å². The van der Waals surface area contributed by atoms with Crippen LogP contribution in [0.1, 0.15) is 53.9 Å². The van der Waals surface area contributed by atoms with Gasteiger partial charge in [0.2, 0.25) is 0 Å². The molecule has 1 heteroatoms. The van der Waals surface area contributed by atoms with E-state index in [1.165, 1.54) is 12.8 Å². The first-order valence-corrected chi connectivity index (χ1v) is 4.94. The highest BCUT2D eigenvalue weighted by atomic mass is 35.5. The maximum absolute atomic E-state index is 6.39. The van der Waals surface area contributed by atoms with Crippen LogP contribution in [-0.2, 0) is 0 Å². The highest BCUT2D eigenvalue weighted by Crippen LogP contribution is 2.42. The molecule has 0 heterocycles. The lowest BCUT2D eigenvalue weighted by Crippen LogP contribution is -2.35. The second kappa shape index (κ2) is 3.80. The first-order chi connectivity index (χ1) is 4.87. The lowest BCUT2D eigenvalue weighted by atomic mass is 9.74. The van der Waals surface area contributed by atoms with Crippen LogP contribution in [0.3, 0.4) is 0 Å². The Labute approximate surface area is 76.3 Å². The maximum atomic E-state index is 6.39. The van der Waals surface area contributed by atoms with Crippen LogP contribution in [-0.4, -0.2) is 4.87 Å². The molecule has 0 radical (unpaired) electrons. The predicted octanol–water partition coefficient (Wildman–Crippen LogP) is 4.22. The highest BCUT2D eigenvalue weighted by molar-refractivity contribution is 6.24. The summed E-state index contributed by atoms with van der Waals surface area (Å²) < 4.78 is 0. The van der Waals surface area contributed by atoms with E-state index < -0.39 is 0 Å². The molecule has 0 spiro atoms. The summed E-state index contributed by atoms with van der Waals surface area (Å²) in [5.74, 6) is 0. The third kappa shape index (κ3) is 2.66. The molecule has 0 bridgehead atoms. The summed E-state index contributed by atoms with van der Waals surface area (Å²) >= 11 is 6.39. The Hall–Kier alpha value is 0.290. The molecule has 1 unspecified atom stereocenters. The van der Waals surface area contributed by atoms with Crippen LogP contribution in [0.15, 0.2) is 0 Å². The molecular formula is C10H21Cl. The number of hydrogen-bond acceptors (Lipinski definition) is 0. The summed E-state index contributed by atoms with van der Waals surface area (Å²) in [5, 5.41) is 0. The Morgan fingerprint density at radius 1 is 1.09 bits per heavy atom. The van der Waals surface area contributed by atoms with E-state index in [0.29, 0.717) is 0 Å². The van der Waals surface area contributed by atoms with Gasteiger partial charge in [-0.2, -0.15) is 0 Å². The van der Waals surface area contributed by atoms with Gasteiger partial charge in [0.15, 0.2) is 0 Å². The van der Waals surface area contributed by atoms with Gasteiger partial charge in [-0.15, -0.1) is 11.6 Å². The van der Waals surface area contributed by atoms with Crippen molar-refractivity contribution >= 4 is 11.6 Å². The largest absolute Gasteiger partial charge is 0.119 e. The van der Waals surface area contributed by atoms with Crippen molar-refractivity contribution in [2.24, 2.45) is 5.41 Å². The van der Waals surface area contributed by atoms with Gasteiger partial charge in [-0.1, -0.05) is 34.1 Å². The maximum Gasteiger partial charge on any atom is 0.0466 e. The molecule has 0 saturated carbocycles. The zero-order chi connectivity index (χ0) is 9.12. The van der Waals surface area contributed by atoms with Gasteiger partial charge in [0.25, 0.3) is 0 Å². The molecular weight excluding hydrogens is 156 g/mol. The van der Waals surface area contributed by atoms with E-state index in [1.807, 2.05) is 0 Å². The first-order valence-electron chi connectivity index (χ1n) is 4.56. The third-order valence-electron chi connectivity index (χ3n) is 2.95. The Morgan fingerprint density at radius 3 is 1.82 bits per heavy atom. The van der Waals surface area contributed by atoms with Crippen molar-refractivity contribution in [1.82, 2.24) is 0 Å². The SMILES string of the molecule is CCCC(C)(C)C(C)(Cl)CC. The molecule has 0 aromatic heterocycles. The molecule has 0 aromatic carbocycles. The number of halogens is 1. The van der Waals surface area contributed by atoms with E-state index in [9.17, 15) is 0 Å². The monoisotopic (exact) mass is 176 g/mol. The Kier molecular flexibility index (Phi) is 3.90. The normalized spacial score (nSPS) is 18.0. The summed E-state index contributed by atoms with van der Waals surface area (Å²) in [4.78, 5) is -0.0387. The number of rotatable bonds is 4. The predicted molar refractivity (Wildman–Crippen MR) is 53.2 cm³/mol. The van der Waals surface area contributed by atoms with E-state index in [-0.39, 0.29) is 10.3 Å². The summed E-state index contributed by atoms with van der Waals surface area (Å²) in [6, 6.07) is 0. The van der Waals surface area contributed by atoms with Crippen LogP contribution in [0.25, 0.3) is 0 Å². The van der Waals surface area contributed by atoms with Gasteiger partial charge in [0, 0.05) is 4.87 Å². The molecule has 1 atom stereocenters. The lowest BCUT2D eigenvalue weighted by Gasteiger charge is -2.38. The summed E-state index contributed by atoms with van der Waals surface area (Å²) in [6.07, 6.45) is 3.47. The molecule has 0 nitrogen and oxygen atoms in total. The minimum absolute atomic E-state index is 0.0387. The van der Waals surface area contributed by atoms with Crippen LogP contribution < -0.4 is 0 Å². The van der Waals surface area contributed by atoms with Crippen LogP contribution >= 0.6 is 11.6 Å². The van der Waals surface area contributed by atoms with Crippen LogP contribution in [0, 0.1) is 5.41 Å². The molecule has 0 aliphatic heterocycles. The molecule has 0 aliphatic rings. The minimum Gasteiger partial charge on any atom is -0.119 e. The fourth-order valence-corrected chi connectivity index (χ4v) is 1.46. The van der Waals surface area contributed by atoms with Crippen LogP contribution in [0.4, 0.5) is 0 Å². The molecule has 0 N–H and O–H groups in total. The topological polar surface area (TPSA) is 0 Å². The second-order valence-corrected chi connectivity index (χ2v) is 5.02. The number of hydrogen-bond donors (Lipinski definition) is 0. The Bertz CT molecular complexity index is 114. The molecule has 0 fully saturated rings. The standard InChI is InChI=1S/C10H21Cl/c1-6-8-9(3,4)10(5,11)7-2/h6-8H2,1-5H3. The molecule has 0 rings (SSSR count). The fourth-order valence-electron chi connectivity index (χ4n) is 1.36. The highest BCUT2D eigenvalue weighted by Gasteiger charge is 2.36. The molecule has 68 valence electrons. The van der Waals surface area contributed by atoms with Crippen molar-refractivity contribution in [2.45, 2.75) is 58.8 Å². The molecule has 0 amide bonds. The smallest absolute Gasteiger partial charge is 0.0466 e. The average molecular weight is 177 g/mol. The molecule has 0 saturated heterocycles. The van der Waals surface area contributed by atoms with Gasteiger partial charge in [-0.3, -0.25) is 0 Å². The molecule has 0 aromatic rings. The van der Waals surface area contributed by atoms with E-state index in [0.717, 1.165) is 6.42 Å². The average Bonchev–Trinajstić information content (AvgIpc) is 1.87. The zero-order valence-corrected chi connectivity index (χ0v) is 9.26. The lowest BCUT2D eigenvalue weighted by molar-refractivity contribution is 0.230. The van der Waals surface area contributed by atoms with Gasteiger partial charge in [0.1, 0.15) is 0 Å². The van der Waals surface area contributed by atoms with E-state index >= 15 is 0 Å². The third-order valence-corrected chi connectivity index (χ3v) is 3.73. The van der Waals surface area contributed by atoms with Crippen molar-refractivity contribution in [2.75, 3.05) is 0 Å². The van der Waals surface area contributed by atoms with E-state index in [4.69, 9.17) is 11.6 Å². The Balaban J connectivity index is 4.26. The van der Waals surface area contributed by atoms with Crippen molar-refractivity contribution in [3.63, 3.8) is 0 Å². The molecule has 11 heavy (non-hydrogen) atoms. The van der Waals surface area contributed by atoms with E-state index in [2.05, 4.69) is 34.6 Å². The van der Waals surface area contributed by atoms with Crippen molar-refractivity contribution in [3.8, 4) is 0 Å². The summed E-state index contributed by atoms with van der Waals surface area (Å²) in [7, 11) is 0. The van der Waals surface area contributed by atoms with E-state index in [1.54, 1.807) is 0 Å². The van der Waals surface area contributed by atoms with Gasteiger partial charge >= 0.3 is 0 Å². The fraction of sp³-hybridized carbons (Fsp3) is 1.00. The Morgan fingerprint density at radius 2 is 1.55 bits per heavy atom. The quantitative estimate of drug-likeness (QED) is 0.563. The number of alkyl halides is 1. The van der Waals surface area contributed by atoms with Crippen molar-refractivity contribution < 1.29 is 0 Å². The van der Waals surface area contributed by atoms with Crippen molar-refractivity contribution in [1.29, 1.82) is 0 Å². The molecule has 0 aliphatic carbocycles. The van der Waals surface area contributed by atoms with Crippen LogP contribution in [0.5, 0.6) is 0 Å². The summed E-state index contributed by atoms with van der Waals surface area (Å²) in [6.45, 7) is 11.0. The van der Waals surface area contributed by atoms with Gasteiger partial charge < -0.3 is 0 Å². The second-order valence-electron chi connectivity index (χ2n) is 4.18.